The molecule has 0 heterocycles. The van der Waals surface area contributed by atoms with Crippen LogP contribution >= 0.6 is 0 Å². The summed E-state index contributed by atoms with van der Waals surface area (Å²) in [4.78, 5) is 24.5. The van der Waals surface area contributed by atoms with Crippen LogP contribution in [0.4, 0.5) is 0 Å². The lowest BCUT2D eigenvalue weighted by Crippen LogP contribution is -2.56. The summed E-state index contributed by atoms with van der Waals surface area (Å²) in [6.07, 6.45) is 8.23. The highest BCUT2D eigenvalue weighted by Crippen LogP contribution is 2.57. The molecule has 1 rings (SSSR count). The highest BCUT2D eigenvalue weighted by molar-refractivity contribution is 5.87. The van der Waals surface area contributed by atoms with Crippen molar-refractivity contribution in [3.8, 4) is 0 Å². The van der Waals surface area contributed by atoms with E-state index in [9.17, 15) is 19.8 Å². The van der Waals surface area contributed by atoms with Crippen LogP contribution < -0.4 is 0 Å². The zero-order valence-corrected chi connectivity index (χ0v) is 15.0. The molecule has 3 atom stereocenters. The highest BCUT2D eigenvalue weighted by Gasteiger charge is 2.62. The largest absolute Gasteiger partial charge is 0.481 e. The van der Waals surface area contributed by atoms with Crippen LogP contribution in [0.1, 0.15) is 72.6 Å². The van der Waals surface area contributed by atoms with Gasteiger partial charge < -0.3 is 10.2 Å². The maximum absolute atomic E-state index is 12.2. The van der Waals surface area contributed by atoms with Crippen molar-refractivity contribution in [2.45, 2.75) is 72.6 Å². The lowest BCUT2D eigenvalue weighted by Gasteiger charge is -2.50. The van der Waals surface area contributed by atoms with Crippen molar-refractivity contribution < 1.29 is 19.8 Å². The predicted molar refractivity (Wildman–Crippen MR) is 91.3 cm³/mol. The Balaban J connectivity index is 3.19. The zero-order valence-electron chi connectivity index (χ0n) is 15.0. The number of carbonyl (C=O) groups is 2. The molecule has 132 valence electrons. The number of aliphatic carboxylic acids is 2. The fourth-order valence-electron chi connectivity index (χ4n) is 4.14. The fraction of sp³-hybridized carbons (Fsp3) is 0.789. The Kier molecular flexibility index (Phi) is 6.84. The number of rotatable bonds is 9. The molecule has 4 heteroatoms. The second-order valence-electron chi connectivity index (χ2n) is 7.49. The second-order valence-corrected chi connectivity index (χ2v) is 7.49. The van der Waals surface area contributed by atoms with Gasteiger partial charge in [0.05, 0.1) is 10.8 Å². The van der Waals surface area contributed by atoms with E-state index in [0.29, 0.717) is 31.6 Å². The van der Waals surface area contributed by atoms with Crippen LogP contribution in [0.2, 0.25) is 0 Å². The first kappa shape index (κ1) is 19.7. The lowest BCUT2D eigenvalue weighted by molar-refractivity contribution is -0.182. The minimum absolute atomic E-state index is 0.175. The van der Waals surface area contributed by atoms with Gasteiger partial charge in [0.25, 0.3) is 0 Å². The summed E-state index contributed by atoms with van der Waals surface area (Å²) in [5.41, 5.74) is -2.40. The molecule has 1 aliphatic rings. The molecule has 3 unspecified atom stereocenters. The minimum atomic E-state index is -1.21. The van der Waals surface area contributed by atoms with Crippen molar-refractivity contribution in [3.05, 3.63) is 12.2 Å². The predicted octanol–water partition coefficient (Wildman–Crippen LogP) is 4.74. The molecular weight excluding hydrogens is 292 g/mol. The van der Waals surface area contributed by atoms with Gasteiger partial charge in [0, 0.05) is 0 Å². The van der Waals surface area contributed by atoms with Gasteiger partial charge in [0.1, 0.15) is 0 Å². The van der Waals surface area contributed by atoms with E-state index in [1.165, 1.54) is 0 Å². The van der Waals surface area contributed by atoms with E-state index in [4.69, 9.17) is 0 Å². The van der Waals surface area contributed by atoms with E-state index in [1.54, 1.807) is 0 Å². The zero-order chi connectivity index (χ0) is 17.7. The van der Waals surface area contributed by atoms with Gasteiger partial charge in [0.2, 0.25) is 0 Å². The maximum Gasteiger partial charge on any atom is 0.311 e. The SMILES string of the molecule is CCC(C)C1(C(=O)O)CC=CCC1(CCCCC(C)C)C(=O)O. The quantitative estimate of drug-likeness (QED) is 0.474. The Hall–Kier alpha value is -1.32. The molecule has 0 bridgehead atoms. The summed E-state index contributed by atoms with van der Waals surface area (Å²) in [7, 11) is 0. The molecular formula is C19H32O4. The van der Waals surface area contributed by atoms with Crippen molar-refractivity contribution in [2.75, 3.05) is 0 Å². The number of carboxylic acids is 2. The third kappa shape index (κ3) is 3.61. The number of allylic oxidation sites excluding steroid dienone is 2. The summed E-state index contributed by atoms with van der Waals surface area (Å²) in [6, 6.07) is 0. The van der Waals surface area contributed by atoms with Gasteiger partial charge in [-0.2, -0.15) is 0 Å². The van der Waals surface area contributed by atoms with Gasteiger partial charge in [0.15, 0.2) is 0 Å². The molecule has 1 aliphatic carbocycles. The molecule has 0 spiro atoms. The normalized spacial score (nSPS) is 28.7. The third-order valence-electron chi connectivity index (χ3n) is 5.81. The first-order valence-electron chi connectivity index (χ1n) is 8.86. The number of hydrogen-bond donors (Lipinski definition) is 2. The lowest BCUT2D eigenvalue weighted by atomic mass is 9.50. The van der Waals surface area contributed by atoms with Crippen LogP contribution in [0, 0.1) is 22.7 Å². The van der Waals surface area contributed by atoms with Crippen molar-refractivity contribution in [1.82, 2.24) is 0 Å². The van der Waals surface area contributed by atoms with Crippen LogP contribution in [0.3, 0.4) is 0 Å². The maximum atomic E-state index is 12.2. The van der Waals surface area contributed by atoms with Crippen molar-refractivity contribution in [1.29, 1.82) is 0 Å². The topological polar surface area (TPSA) is 74.6 Å². The second kappa shape index (κ2) is 7.98. The molecule has 0 aromatic rings. The Labute approximate surface area is 140 Å². The number of carboxylic acid groups (broad SMARTS) is 2. The number of unbranched alkanes of at least 4 members (excludes halogenated alkanes) is 1. The first-order chi connectivity index (χ1) is 10.7. The van der Waals surface area contributed by atoms with Crippen molar-refractivity contribution in [3.63, 3.8) is 0 Å². The summed E-state index contributed by atoms with van der Waals surface area (Å²) in [6.45, 7) is 8.13. The van der Waals surface area contributed by atoms with Gasteiger partial charge in [-0.1, -0.05) is 65.5 Å². The molecule has 23 heavy (non-hydrogen) atoms. The molecule has 0 radical (unpaired) electrons. The van der Waals surface area contributed by atoms with Crippen LogP contribution in [0.5, 0.6) is 0 Å². The van der Waals surface area contributed by atoms with Crippen molar-refractivity contribution in [2.24, 2.45) is 22.7 Å². The molecule has 0 fully saturated rings. The Morgan fingerprint density at radius 2 is 1.65 bits per heavy atom. The Bertz CT molecular complexity index is 454. The molecule has 4 nitrogen and oxygen atoms in total. The van der Waals surface area contributed by atoms with Crippen LogP contribution in [0.25, 0.3) is 0 Å². The molecule has 0 saturated heterocycles. The van der Waals surface area contributed by atoms with Gasteiger partial charge in [-0.25, -0.2) is 0 Å². The van der Waals surface area contributed by atoms with E-state index in [2.05, 4.69) is 13.8 Å². The summed E-state index contributed by atoms with van der Waals surface area (Å²) >= 11 is 0. The van der Waals surface area contributed by atoms with Crippen LogP contribution in [-0.2, 0) is 9.59 Å². The third-order valence-corrected chi connectivity index (χ3v) is 5.81. The van der Waals surface area contributed by atoms with Crippen LogP contribution in [-0.4, -0.2) is 22.2 Å². The van der Waals surface area contributed by atoms with Gasteiger partial charge in [-0.05, 0) is 31.1 Å². The minimum Gasteiger partial charge on any atom is -0.481 e. The average molecular weight is 324 g/mol. The molecule has 0 aliphatic heterocycles. The fourth-order valence-corrected chi connectivity index (χ4v) is 4.14. The molecule has 0 aromatic heterocycles. The van der Waals surface area contributed by atoms with Crippen molar-refractivity contribution >= 4 is 11.9 Å². The standard InChI is InChI=1S/C19H32O4/c1-5-15(4)19(17(22)23)13-9-8-12-18(19,16(20)21)11-7-6-10-14(2)3/h8-9,14-15H,5-7,10-13H2,1-4H3,(H,20,21)(H,22,23). The molecule has 0 amide bonds. The average Bonchev–Trinajstić information content (AvgIpc) is 2.50. The Morgan fingerprint density at radius 1 is 1.04 bits per heavy atom. The Morgan fingerprint density at radius 3 is 2.13 bits per heavy atom. The summed E-state index contributed by atoms with van der Waals surface area (Å²) < 4.78 is 0. The molecule has 0 saturated carbocycles. The van der Waals surface area contributed by atoms with E-state index < -0.39 is 22.8 Å². The van der Waals surface area contributed by atoms with Crippen LogP contribution in [0.15, 0.2) is 12.2 Å². The monoisotopic (exact) mass is 324 g/mol. The summed E-state index contributed by atoms with van der Waals surface area (Å²) in [5.74, 6) is -1.50. The first-order valence-corrected chi connectivity index (χ1v) is 8.86. The smallest absolute Gasteiger partial charge is 0.311 e. The summed E-state index contributed by atoms with van der Waals surface area (Å²) in [5, 5.41) is 20.1. The van der Waals surface area contributed by atoms with Gasteiger partial charge in [-0.15, -0.1) is 0 Å². The van der Waals surface area contributed by atoms with Gasteiger partial charge >= 0.3 is 11.9 Å². The van der Waals surface area contributed by atoms with E-state index in [1.807, 2.05) is 26.0 Å². The van der Waals surface area contributed by atoms with E-state index in [0.717, 1.165) is 19.3 Å². The van der Waals surface area contributed by atoms with Gasteiger partial charge in [-0.3, -0.25) is 9.59 Å². The van der Waals surface area contributed by atoms with E-state index >= 15 is 0 Å². The van der Waals surface area contributed by atoms with E-state index in [-0.39, 0.29) is 5.92 Å². The number of hydrogen-bond acceptors (Lipinski definition) is 2. The highest BCUT2D eigenvalue weighted by atomic mass is 16.4. The molecule has 2 N–H and O–H groups in total. The molecule has 0 aromatic carbocycles.